The number of aryl methyl sites for hydroxylation is 1. The minimum absolute atomic E-state index is 0.0684. The molecule has 0 saturated carbocycles. The van der Waals surface area contributed by atoms with Crippen molar-refractivity contribution in [1.82, 2.24) is 25.8 Å². The Hall–Kier alpha value is -3.35. The van der Waals surface area contributed by atoms with Crippen molar-refractivity contribution >= 4 is 35.5 Å². The first kappa shape index (κ1) is 30.2. The number of hydrogen-bond donors (Lipinski definition) is 5. The van der Waals surface area contributed by atoms with Gasteiger partial charge in [-0.25, -0.2) is 9.78 Å². The Kier molecular flexibility index (Phi) is 10.6. The van der Waals surface area contributed by atoms with Crippen LogP contribution in [0.15, 0.2) is 29.8 Å². The number of nitrogens with zero attached hydrogens (tertiary/aromatic N) is 2. The van der Waals surface area contributed by atoms with Crippen LogP contribution in [0.25, 0.3) is 10.4 Å². The molecule has 3 atom stereocenters. The van der Waals surface area contributed by atoms with E-state index in [4.69, 9.17) is 5.11 Å². The Labute approximate surface area is 232 Å². The largest absolute Gasteiger partial charge is 0.465 e. The predicted molar refractivity (Wildman–Crippen MR) is 147 cm³/mol. The van der Waals surface area contributed by atoms with Gasteiger partial charge in [0, 0.05) is 38.0 Å². The molecule has 5 N–H and O–H groups in total. The van der Waals surface area contributed by atoms with E-state index in [1.54, 1.807) is 11.3 Å². The van der Waals surface area contributed by atoms with Gasteiger partial charge in [0.25, 0.3) is 0 Å². The van der Waals surface area contributed by atoms with Crippen LogP contribution in [0.5, 0.6) is 0 Å². The number of amides is 3. The van der Waals surface area contributed by atoms with E-state index < -0.39 is 29.7 Å². The quantitative estimate of drug-likeness (QED) is 0.184. The molecule has 39 heavy (non-hydrogen) atoms. The number of β-amino-alcohol motifs (C(OH)–C–C–N with tert-alkyl or cyclic N) is 1. The number of likely N-dealkylation sites (tertiary alicyclic amines) is 1. The van der Waals surface area contributed by atoms with E-state index in [9.17, 15) is 24.3 Å². The number of carbonyl (C=O) groups is 4. The molecule has 1 aliphatic rings. The maximum Gasteiger partial charge on any atom is 0.404 e. The first-order valence-corrected chi connectivity index (χ1v) is 13.8. The highest BCUT2D eigenvalue weighted by atomic mass is 32.1. The summed E-state index contributed by atoms with van der Waals surface area (Å²) >= 11 is 1.58. The maximum atomic E-state index is 13.1. The molecule has 0 bridgehead atoms. The SMILES string of the molecule is Cc1ncsc1-c1ccc(CNC(=O)[C@@H]2C[C@@H](O)CN2CC(C)(C)[C@@H](C=O)NC(=O)CCCNC(=O)O)cc1. The Morgan fingerprint density at radius 3 is 2.56 bits per heavy atom. The van der Waals surface area contributed by atoms with Gasteiger partial charge in [0.2, 0.25) is 11.8 Å². The number of aldehydes is 1. The van der Waals surface area contributed by atoms with Gasteiger partial charge in [-0.1, -0.05) is 38.1 Å². The fraction of sp³-hybridized carbons (Fsp3) is 0.519. The maximum absolute atomic E-state index is 13.1. The van der Waals surface area contributed by atoms with E-state index in [1.165, 1.54) is 0 Å². The zero-order valence-corrected chi connectivity index (χ0v) is 23.3. The van der Waals surface area contributed by atoms with Gasteiger partial charge in [0.05, 0.1) is 34.3 Å². The Bertz CT molecular complexity index is 1150. The fourth-order valence-electron chi connectivity index (χ4n) is 4.71. The van der Waals surface area contributed by atoms with Crippen molar-refractivity contribution < 1.29 is 29.4 Å². The van der Waals surface area contributed by atoms with Crippen LogP contribution in [0, 0.1) is 12.3 Å². The molecule has 1 aliphatic heterocycles. The zero-order chi connectivity index (χ0) is 28.6. The summed E-state index contributed by atoms with van der Waals surface area (Å²) in [5, 5.41) is 26.8. The van der Waals surface area contributed by atoms with Gasteiger partial charge in [-0.2, -0.15) is 0 Å². The number of benzene rings is 1. The predicted octanol–water partition coefficient (Wildman–Crippen LogP) is 1.93. The molecule has 1 fully saturated rings. The van der Waals surface area contributed by atoms with Crippen LogP contribution in [0.4, 0.5) is 4.79 Å². The van der Waals surface area contributed by atoms with E-state index in [0.29, 0.717) is 25.8 Å². The molecular formula is C27H37N5O6S. The van der Waals surface area contributed by atoms with E-state index >= 15 is 0 Å². The first-order valence-electron chi connectivity index (χ1n) is 12.9. The Morgan fingerprint density at radius 2 is 1.95 bits per heavy atom. The molecule has 2 heterocycles. The second-order valence-corrected chi connectivity index (χ2v) is 11.4. The summed E-state index contributed by atoms with van der Waals surface area (Å²) in [5.74, 6) is -0.568. The van der Waals surface area contributed by atoms with Crippen LogP contribution >= 0.6 is 11.3 Å². The topological polar surface area (TPSA) is 161 Å². The highest BCUT2D eigenvalue weighted by Crippen LogP contribution is 2.29. The number of carboxylic acid groups (broad SMARTS) is 1. The van der Waals surface area contributed by atoms with E-state index in [2.05, 4.69) is 20.9 Å². The molecule has 2 aromatic rings. The third kappa shape index (κ3) is 8.57. The van der Waals surface area contributed by atoms with Crippen LogP contribution in [-0.2, 0) is 20.9 Å². The van der Waals surface area contributed by atoms with Gasteiger partial charge in [-0.05, 0) is 30.9 Å². The molecule has 3 rings (SSSR count). The van der Waals surface area contributed by atoms with Gasteiger partial charge in [-0.15, -0.1) is 11.3 Å². The number of rotatable bonds is 13. The molecule has 1 aromatic carbocycles. The van der Waals surface area contributed by atoms with Crippen molar-refractivity contribution in [2.45, 2.75) is 64.8 Å². The van der Waals surface area contributed by atoms with Crippen LogP contribution < -0.4 is 16.0 Å². The molecule has 0 unspecified atom stereocenters. The second kappa shape index (κ2) is 13.6. The molecule has 212 valence electrons. The molecular weight excluding hydrogens is 522 g/mol. The van der Waals surface area contributed by atoms with E-state index in [1.807, 2.05) is 55.4 Å². The summed E-state index contributed by atoms with van der Waals surface area (Å²) in [5.41, 5.74) is 4.08. The van der Waals surface area contributed by atoms with Gasteiger partial charge in [0.15, 0.2) is 0 Å². The molecule has 0 aliphatic carbocycles. The first-order chi connectivity index (χ1) is 18.5. The summed E-state index contributed by atoms with van der Waals surface area (Å²) in [7, 11) is 0. The average molecular weight is 560 g/mol. The molecule has 1 aromatic heterocycles. The van der Waals surface area contributed by atoms with Crippen molar-refractivity contribution in [3.8, 4) is 10.4 Å². The van der Waals surface area contributed by atoms with E-state index in [0.717, 1.165) is 21.7 Å². The minimum atomic E-state index is -1.16. The lowest BCUT2D eigenvalue weighted by atomic mass is 9.84. The lowest BCUT2D eigenvalue weighted by molar-refractivity contribution is -0.128. The highest BCUT2D eigenvalue weighted by Gasteiger charge is 2.41. The standard InChI is InChI=1S/C27H37N5O6S/c1-17-24(39-16-30-17)19-8-6-18(7-9-19)12-29-25(36)21-11-20(34)13-32(21)15-27(2,3)22(14-33)31-23(35)5-4-10-28-26(37)38/h6-9,14,16,20-22,28,34H,4-5,10-13,15H2,1-3H3,(H,29,36)(H,31,35)(H,37,38)/t20-,21+,22-/m1/s1. The third-order valence-corrected chi connectivity index (χ3v) is 7.85. The van der Waals surface area contributed by atoms with Crippen LogP contribution in [0.1, 0.15) is 44.4 Å². The Morgan fingerprint density at radius 1 is 1.23 bits per heavy atom. The zero-order valence-electron chi connectivity index (χ0n) is 22.5. The summed E-state index contributed by atoms with van der Waals surface area (Å²) < 4.78 is 0. The smallest absolute Gasteiger partial charge is 0.404 e. The summed E-state index contributed by atoms with van der Waals surface area (Å²) in [6, 6.07) is 6.56. The number of hydrogen-bond acceptors (Lipinski definition) is 8. The van der Waals surface area contributed by atoms with Crippen LogP contribution in [0.2, 0.25) is 0 Å². The van der Waals surface area contributed by atoms with Crippen LogP contribution in [0.3, 0.4) is 0 Å². The molecule has 11 nitrogen and oxygen atoms in total. The molecule has 0 spiro atoms. The third-order valence-electron chi connectivity index (χ3n) is 6.87. The lowest BCUT2D eigenvalue weighted by Crippen LogP contribution is -2.53. The number of nitrogens with one attached hydrogen (secondary N) is 3. The number of aliphatic hydroxyl groups is 1. The fourth-order valence-corrected chi connectivity index (χ4v) is 5.52. The molecule has 3 amide bonds. The van der Waals surface area contributed by atoms with Crippen molar-refractivity contribution in [2.75, 3.05) is 19.6 Å². The van der Waals surface area contributed by atoms with Crippen molar-refractivity contribution in [3.05, 3.63) is 41.0 Å². The van der Waals surface area contributed by atoms with Crippen molar-refractivity contribution in [2.24, 2.45) is 5.41 Å². The number of aliphatic hydroxyl groups excluding tert-OH is 1. The monoisotopic (exact) mass is 559 g/mol. The lowest BCUT2D eigenvalue weighted by Gasteiger charge is -2.37. The number of aromatic nitrogens is 1. The average Bonchev–Trinajstić information content (AvgIpc) is 3.48. The van der Waals surface area contributed by atoms with Gasteiger partial charge < -0.3 is 31.0 Å². The Balaban J connectivity index is 1.55. The van der Waals surface area contributed by atoms with Crippen molar-refractivity contribution in [3.63, 3.8) is 0 Å². The summed E-state index contributed by atoms with van der Waals surface area (Å²) in [6.07, 6.45) is -0.512. The summed E-state index contributed by atoms with van der Waals surface area (Å²) in [6.45, 7) is 6.68. The van der Waals surface area contributed by atoms with Gasteiger partial charge in [-0.3, -0.25) is 14.5 Å². The van der Waals surface area contributed by atoms with Gasteiger partial charge >= 0.3 is 6.09 Å². The number of carbonyl (C=O) groups excluding carboxylic acids is 3. The second-order valence-electron chi connectivity index (χ2n) is 10.5. The van der Waals surface area contributed by atoms with E-state index in [-0.39, 0.29) is 37.7 Å². The van der Waals surface area contributed by atoms with Crippen molar-refractivity contribution in [1.29, 1.82) is 0 Å². The van der Waals surface area contributed by atoms with Crippen LogP contribution in [-0.4, -0.2) is 82.1 Å². The number of thiazole rings is 1. The molecule has 12 heteroatoms. The highest BCUT2D eigenvalue weighted by molar-refractivity contribution is 7.13. The molecule has 1 saturated heterocycles. The van der Waals surface area contributed by atoms with Gasteiger partial charge in [0.1, 0.15) is 6.29 Å². The molecule has 0 radical (unpaired) electrons. The minimum Gasteiger partial charge on any atom is -0.465 e. The summed E-state index contributed by atoms with van der Waals surface area (Å²) in [4.78, 5) is 55.1. The normalized spacial score (nSPS) is 18.4.